The van der Waals surface area contributed by atoms with Gasteiger partial charge in [0.25, 0.3) is 5.91 Å². The molecule has 1 aromatic rings. The Balaban J connectivity index is 2.16. The zero-order chi connectivity index (χ0) is 14.7. The quantitative estimate of drug-likeness (QED) is 0.796. The molecule has 1 aliphatic heterocycles. The fourth-order valence-electron chi connectivity index (χ4n) is 2.61. The average molecular weight is 275 g/mol. The fraction of sp³-hybridized carbons (Fsp3) is 0.467. The lowest BCUT2D eigenvalue weighted by molar-refractivity contribution is -0.125. The van der Waals surface area contributed by atoms with Gasteiger partial charge in [0, 0.05) is 25.8 Å². The molecule has 1 aliphatic rings. The van der Waals surface area contributed by atoms with Gasteiger partial charge in [0.1, 0.15) is 0 Å². The third-order valence-corrected chi connectivity index (χ3v) is 3.76. The van der Waals surface area contributed by atoms with E-state index in [2.05, 4.69) is 5.32 Å². The number of hydrogen-bond acceptors (Lipinski definition) is 3. The van der Waals surface area contributed by atoms with Gasteiger partial charge >= 0.3 is 0 Å². The SMILES string of the molecule is CNC(=O)C1CCCN(C(=O)c2cc(C)ccc2N)C1. The first-order chi connectivity index (χ1) is 9.52. The van der Waals surface area contributed by atoms with Crippen LogP contribution in [-0.2, 0) is 4.79 Å². The molecule has 0 radical (unpaired) electrons. The summed E-state index contributed by atoms with van der Waals surface area (Å²) in [5.41, 5.74) is 7.91. The van der Waals surface area contributed by atoms with Crippen LogP contribution in [0.2, 0.25) is 0 Å². The van der Waals surface area contributed by atoms with Gasteiger partial charge in [-0.3, -0.25) is 9.59 Å². The second-order valence-electron chi connectivity index (χ2n) is 5.30. The number of nitrogens with one attached hydrogen (secondary N) is 1. The number of nitrogens with two attached hydrogens (primary N) is 1. The van der Waals surface area contributed by atoms with E-state index in [0.717, 1.165) is 18.4 Å². The smallest absolute Gasteiger partial charge is 0.255 e. The number of aryl methyl sites for hydroxylation is 1. The predicted molar refractivity (Wildman–Crippen MR) is 78.3 cm³/mol. The number of carbonyl (C=O) groups excluding carboxylic acids is 2. The molecule has 108 valence electrons. The Labute approximate surface area is 119 Å². The minimum atomic E-state index is -0.122. The first-order valence-corrected chi connectivity index (χ1v) is 6.90. The number of amides is 2. The van der Waals surface area contributed by atoms with Gasteiger partial charge < -0.3 is 16.0 Å². The molecular formula is C15H21N3O2. The summed E-state index contributed by atoms with van der Waals surface area (Å²) < 4.78 is 0. The summed E-state index contributed by atoms with van der Waals surface area (Å²) in [5.74, 6) is -0.205. The molecule has 2 rings (SSSR count). The third kappa shape index (κ3) is 2.92. The molecule has 2 amide bonds. The van der Waals surface area contributed by atoms with Crippen molar-refractivity contribution in [3.05, 3.63) is 29.3 Å². The average Bonchev–Trinajstić information content (AvgIpc) is 2.48. The molecule has 20 heavy (non-hydrogen) atoms. The van der Waals surface area contributed by atoms with Crippen molar-refractivity contribution in [3.8, 4) is 0 Å². The molecule has 1 saturated heterocycles. The van der Waals surface area contributed by atoms with E-state index in [1.54, 1.807) is 24.1 Å². The fourth-order valence-corrected chi connectivity index (χ4v) is 2.61. The molecule has 5 nitrogen and oxygen atoms in total. The number of anilines is 1. The summed E-state index contributed by atoms with van der Waals surface area (Å²) in [7, 11) is 1.63. The summed E-state index contributed by atoms with van der Waals surface area (Å²) in [4.78, 5) is 26.0. The van der Waals surface area contributed by atoms with Crippen LogP contribution in [0.15, 0.2) is 18.2 Å². The van der Waals surface area contributed by atoms with E-state index in [1.165, 1.54) is 0 Å². The van der Waals surface area contributed by atoms with Gasteiger partial charge in [0.05, 0.1) is 11.5 Å². The molecular weight excluding hydrogens is 254 g/mol. The van der Waals surface area contributed by atoms with E-state index in [4.69, 9.17) is 5.73 Å². The maximum Gasteiger partial charge on any atom is 0.255 e. The van der Waals surface area contributed by atoms with E-state index >= 15 is 0 Å². The van der Waals surface area contributed by atoms with Crippen molar-refractivity contribution in [2.75, 3.05) is 25.9 Å². The van der Waals surface area contributed by atoms with Gasteiger partial charge in [-0.15, -0.1) is 0 Å². The first kappa shape index (κ1) is 14.4. The number of piperidine rings is 1. The molecule has 3 N–H and O–H groups in total. The number of rotatable bonds is 2. The van der Waals surface area contributed by atoms with Crippen LogP contribution in [0.1, 0.15) is 28.8 Å². The van der Waals surface area contributed by atoms with Crippen LogP contribution >= 0.6 is 0 Å². The second kappa shape index (κ2) is 5.94. The van der Waals surface area contributed by atoms with Crippen LogP contribution in [0, 0.1) is 12.8 Å². The maximum absolute atomic E-state index is 12.5. The Morgan fingerprint density at radius 3 is 2.85 bits per heavy atom. The molecule has 0 aromatic heterocycles. The largest absolute Gasteiger partial charge is 0.398 e. The van der Waals surface area contributed by atoms with Crippen molar-refractivity contribution in [2.45, 2.75) is 19.8 Å². The van der Waals surface area contributed by atoms with Crippen LogP contribution in [0.25, 0.3) is 0 Å². The Kier molecular flexibility index (Phi) is 4.27. The lowest BCUT2D eigenvalue weighted by atomic mass is 9.96. The van der Waals surface area contributed by atoms with Gasteiger partial charge in [-0.1, -0.05) is 11.6 Å². The molecule has 1 unspecified atom stereocenters. The van der Waals surface area contributed by atoms with Crippen LogP contribution < -0.4 is 11.1 Å². The van der Waals surface area contributed by atoms with E-state index < -0.39 is 0 Å². The number of nitrogens with zero attached hydrogens (tertiary/aromatic N) is 1. The van der Waals surface area contributed by atoms with Crippen molar-refractivity contribution in [2.24, 2.45) is 5.92 Å². The van der Waals surface area contributed by atoms with Crippen molar-refractivity contribution in [3.63, 3.8) is 0 Å². The van der Waals surface area contributed by atoms with E-state index in [-0.39, 0.29) is 17.7 Å². The molecule has 1 fully saturated rings. The lowest BCUT2D eigenvalue weighted by Gasteiger charge is -2.32. The maximum atomic E-state index is 12.5. The highest BCUT2D eigenvalue weighted by Gasteiger charge is 2.28. The minimum absolute atomic E-state index is 0.000265. The standard InChI is InChI=1S/C15H21N3O2/c1-10-5-6-13(16)12(8-10)15(20)18-7-3-4-11(9-18)14(19)17-2/h5-6,8,11H,3-4,7,9,16H2,1-2H3,(H,17,19). The van der Waals surface area contributed by atoms with Crippen molar-refractivity contribution in [1.29, 1.82) is 0 Å². The lowest BCUT2D eigenvalue weighted by Crippen LogP contribution is -2.45. The van der Waals surface area contributed by atoms with E-state index in [1.807, 2.05) is 13.0 Å². The molecule has 0 saturated carbocycles. The van der Waals surface area contributed by atoms with Gasteiger partial charge in [-0.25, -0.2) is 0 Å². The normalized spacial score (nSPS) is 18.7. The Hall–Kier alpha value is -2.04. The highest BCUT2D eigenvalue weighted by Crippen LogP contribution is 2.21. The van der Waals surface area contributed by atoms with Gasteiger partial charge in [-0.2, -0.15) is 0 Å². The highest BCUT2D eigenvalue weighted by atomic mass is 16.2. The Morgan fingerprint density at radius 2 is 2.15 bits per heavy atom. The molecule has 0 aliphatic carbocycles. The second-order valence-corrected chi connectivity index (χ2v) is 5.30. The van der Waals surface area contributed by atoms with Crippen molar-refractivity contribution in [1.82, 2.24) is 10.2 Å². The summed E-state index contributed by atoms with van der Waals surface area (Å²) >= 11 is 0. The topological polar surface area (TPSA) is 75.4 Å². The van der Waals surface area contributed by atoms with Gasteiger partial charge in [-0.05, 0) is 31.9 Å². The molecule has 0 bridgehead atoms. The molecule has 5 heteroatoms. The summed E-state index contributed by atoms with van der Waals surface area (Å²) in [6.07, 6.45) is 1.67. The summed E-state index contributed by atoms with van der Waals surface area (Å²) in [6.45, 7) is 3.07. The number of carbonyl (C=O) groups is 2. The van der Waals surface area contributed by atoms with Crippen LogP contribution in [-0.4, -0.2) is 36.9 Å². The van der Waals surface area contributed by atoms with E-state index in [9.17, 15) is 9.59 Å². The van der Waals surface area contributed by atoms with E-state index in [0.29, 0.717) is 24.3 Å². The first-order valence-electron chi connectivity index (χ1n) is 6.90. The molecule has 0 spiro atoms. The molecule has 1 heterocycles. The molecule has 1 atom stereocenters. The zero-order valence-electron chi connectivity index (χ0n) is 12.0. The Morgan fingerprint density at radius 1 is 1.40 bits per heavy atom. The van der Waals surface area contributed by atoms with Crippen molar-refractivity contribution < 1.29 is 9.59 Å². The van der Waals surface area contributed by atoms with Crippen LogP contribution in [0.4, 0.5) is 5.69 Å². The third-order valence-electron chi connectivity index (χ3n) is 3.76. The highest BCUT2D eigenvalue weighted by molar-refractivity contribution is 5.99. The van der Waals surface area contributed by atoms with Crippen LogP contribution in [0.5, 0.6) is 0 Å². The monoisotopic (exact) mass is 275 g/mol. The van der Waals surface area contributed by atoms with Crippen molar-refractivity contribution >= 4 is 17.5 Å². The predicted octanol–water partition coefficient (Wildman–Crippen LogP) is 1.18. The van der Waals surface area contributed by atoms with Crippen LogP contribution in [0.3, 0.4) is 0 Å². The number of likely N-dealkylation sites (tertiary alicyclic amines) is 1. The zero-order valence-corrected chi connectivity index (χ0v) is 12.0. The minimum Gasteiger partial charge on any atom is -0.398 e. The van der Waals surface area contributed by atoms with Gasteiger partial charge in [0.15, 0.2) is 0 Å². The Bertz CT molecular complexity index is 528. The number of nitrogen functional groups attached to an aromatic ring is 1. The number of hydrogen-bond donors (Lipinski definition) is 2. The summed E-state index contributed by atoms with van der Waals surface area (Å²) in [5, 5.41) is 2.65. The summed E-state index contributed by atoms with van der Waals surface area (Å²) in [6, 6.07) is 5.44. The number of benzene rings is 1. The molecule has 1 aromatic carbocycles. The van der Waals surface area contributed by atoms with Gasteiger partial charge in [0.2, 0.25) is 5.91 Å².